The number of fused-ring (bicyclic) bond motifs is 1. The van der Waals surface area contributed by atoms with Gasteiger partial charge in [-0.15, -0.1) is 0 Å². The molecule has 0 radical (unpaired) electrons. The van der Waals surface area contributed by atoms with Gasteiger partial charge in [0.15, 0.2) is 11.5 Å². The van der Waals surface area contributed by atoms with Crippen molar-refractivity contribution in [2.75, 3.05) is 38.3 Å². The van der Waals surface area contributed by atoms with E-state index in [-0.39, 0.29) is 0 Å². The van der Waals surface area contributed by atoms with E-state index < -0.39 is 0 Å². The Bertz CT molecular complexity index is 518. The van der Waals surface area contributed by atoms with Crippen molar-refractivity contribution in [1.29, 1.82) is 0 Å². The van der Waals surface area contributed by atoms with Gasteiger partial charge in [0.2, 0.25) is 0 Å². The number of rotatable bonds is 5. The van der Waals surface area contributed by atoms with E-state index in [0.717, 1.165) is 23.8 Å². The molecule has 98 valence electrons. The molecule has 0 spiro atoms. The van der Waals surface area contributed by atoms with Crippen LogP contribution in [0.5, 0.6) is 0 Å². The SMILES string of the molecule is CNc1cn2ccnc2c(NCC(C)N(C)C)n1. The van der Waals surface area contributed by atoms with E-state index in [1.165, 1.54) is 0 Å². The maximum Gasteiger partial charge on any atom is 0.180 e. The number of hydrogen-bond acceptors (Lipinski definition) is 5. The largest absolute Gasteiger partial charge is 0.372 e. The lowest BCUT2D eigenvalue weighted by molar-refractivity contribution is 0.326. The summed E-state index contributed by atoms with van der Waals surface area (Å²) < 4.78 is 1.96. The molecule has 1 unspecified atom stereocenters. The van der Waals surface area contributed by atoms with E-state index >= 15 is 0 Å². The number of nitrogens with zero attached hydrogens (tertiary/aromatic N) is 4. The first kappa shape index (κ1) is 12.6. The van der Waals surface area contributed by atoms with Crippen LogP contribution in [0.4, 0.5) is 11.6 Å². The predicted octanol–water partition coefficient (Wildman–Crippen LogP) is 1.13. The van der Waals surface area contributed by atoms with E-state index in [1.54, 1.807) is 6.20 Å². The molecule has 0 saturated carbocycles. The van der Waals surface area contributed by atoms with Crippen molar-refractivity contribution in [1.82, 2.24) is 19.3 Å². The third-order valence-electron chi connectivity index (χ3n) is 3.08. The minimum absolute atomic E-state index is 0.431. The number of aromatic nitrogens is 3. The van der Waals surface area contributed by atoms with Crippen LogP contribution in [0.15, 0.2) is 18.6 Å². The van der Waals surface area contributed by atoms with E-state index in [1.807, 2.05) is 23.8 Å². The number of nitrogens with one attached hydrogen (secondary N) is 2. The summed E-state index contributed by atoms with van der Waals surface area (Å²) in [5.74, 6) is 1.63. The fraction of sp³-hybridized carbons (Fsp3) is 0.500. The molecule has 2 N–H and O–H groups in total. The third kappa shape index (κ3) is 2.53. The molecule has 0 fully saturated rings. The van der Waals surface area contributed by atoms with Gasteiger partial charge < -0.3 is 19.9 Å². The van der Waals surface area contributed by atoms with Crippen molar-refractivity contribution in [2.24, 2.45) is 0 Å². The van der Waals surface area contributed by atoms with Crippen LogP contribution in [0.1, 0.15) is 6.92 Å². The van der Waals surface area contributed by atoms with Crippen LogP contribution in [0.2, 0.25) is 0 Å². The summed E-state index contributed by atoms with van der Waals surface area (Å²) in [6.45, 7) is 2.99. The molecule has 0 aliphatic carbocycles. The maximum atomic E-state index is 4.50. The van der Waals surface area contributed by atoms with Gasteiger partial charge in [0.05, 0.1) is 6.20 Å². The smallest absolute Gasteiger partial charge is 0.180 e. The van der Waals surface area contributed by atoms with Gasteiger partial charge in [-0.25, -0.2) is 9.97 Å². The van der Waals surface area contributed by atoms with E-state index in [2.05, 4.69) is 46.5 Å². The second-order valence-corrected chi connectivity index (χ2v) is 4.58. The molecule has 0 aliphatic rings. The zero-order valence-corrected chi connectivity index (χ0v) is 11.3. The maximum absolute atomic E-state index is 4.50. The Morgan fingerprint density at radius 1 is 1.44 bits per heavy atom. The molecule has 0 saturated heterocycles. The lowest BCUT2D eigenvalue weighted by atomic mass is 10.3. The van der Waals surface area contributed by atoms with Crippen LogP contribution in [-0.2, 0) is 0 Å². The summed E-state index contributed by atoms with van der Waals surface area (Å²) in [6, 6.07) is 0.431. The Hall–Kier alpha value is -1.82. The third-order valence-corrected chi connectivity index (χ3v) is 3.08. The number of imidazole rings is 1. The monoisotopic (exact) mass is 248 g/mol. The summed E-state index contributed by atoms with van der Waals surface area (Å²) in [4.78, 5) is 11.0. The van der Waals surface area contributed by atoms with Crippen molar-refractivity contribution in [3.8, 4) is 0 Å². The summed E-state index contributed by atoms with van der Waals surface area (Å²) in [5.41, 5.74) is 0.847. The van der Waals surface area contributed by atoms with Crippen molar-refractivity contribution in [3.05, 3.63) is 18.6 Å². The topological polar surface area (TPSA) is 57.5 Å². The minimum atomic E-state index is 0.431. The standard InChI is InChI=1S/C12H20N6/c1-9(17(3)4)7-15-11-12-14-5-6-18(12)8-10(13-2)16-11/h5-6,8-9,13H,7H2,1-4H3,(H,15,16). The van der Waals surface area contributed by atoms with Crippen molar-refractivity contribution in [3.63, 3.8) is 0 Å². The van der Waals surface area contributed by atoms with Gasteiger partial charge in [-0.3, -0.25) is 0 Å². The molecule has 1 atom stereocenters. The van der Waals surface area contributed by atoms with Gasteiger partial charge >= 0.3 is 0 Å². The summed E-state index contributed by atoms with van der Waals surface area (Å²) in [5, 5.41) is 6.40. The van der Waals surface area contributed by atoms with Gasteiger partial charge in [0.25, 0.3) is 0 Å². The molecule has 2 heterocycles. The second-order valence-electron chi connectivity index (χ2n) is 4.58. The van der Waals surface area contributed by atoms with Crippen molar-refractivity contribution < 1.29 is 0 Å². The van der Waals surface area contributed by atoms with E-state index in [9.17, 15) is 0 Å². The average molecular weight is 248 g/mol. The first-order valence-corrected chi connectivity index (χ1v) is 6.03. The summed E-state index contributed by atoms with van der Waals surface area (Å²) in [6.07, 6.45) is 5.61. The molecule has 2 aromatic heterocycles. The van der Waals surface area contributed by atoms with Crippen LogP contribution >= 0.6 is 0 Å². The van der Waals surface area contributed by atoms with E-state index in [0.29, 0.717) is 6.04 Å². The predicted molar refractivity (Wildman–Crippen MR) is 74.2 cm³/mol. The highest BCUT2D eigenvalue weighted by Crippen LogP contribution is 2.16. The molecular formula is C12H20N6. The molecule has 18 heavy (non-hydrogen) atoms. The molecule has 6 heteroatoms. The highest BCUT2D eigenvalue weighted by Gasteiger charge is 2.09. The Morgan fingerprint density at radius 3 is 2.89 bits per heavy atom. The zero-order valence-electron chi connectivity index (χ0n) is 11.3. The second kappa shape index (κ2) is 5.22. The first-order chi connectivity index (χ1) is 8.61. The molecule has 2 aromatic rings. The van der Waals surface area contributed by atoms with Gasteiger partial charge in [-0.2, -0.15) is 0 Å². The summed E-state index contributed by atoms with van der Waals surface area (Å²) in [7, 11) is 5.99. The zero-order chi connectivity index (χ0) is 13.1. The Labute approximate surface area is 107 Å². The number of anilines is 2. The molecule has 2 rings (SSSR count). The molecule has 0 amide bonds. The minimum Gasteiger partial charge on any atom is -0.372 e. The van der Waals surface area contributed by atoms with Crippen LogP contribution in [0.25, 0.3) is 5.65 Å². The number of likely N-dealkylation sites (N-methyl/N-ethyl adjacent to an activating group) is 1. The van der Waals surface area contributed by atoms with Crippen LogP contribution in [0.3, 0.4) is 0 Å². The van der Waals surface area contributed by atoms with Crippen molar-refractivity contribution >= 4 is 17.3 Å². The molecular weight excluding hydrogens is 228 g/mol. The highest BCUT2D eigenvalue weighted by atomic mass is 15.2. The fourth-order valence-electron chi connectivity index (χ4n) is 1.60. The van der Waals surface area contributed by atoms with Crippen molar-refractivity contribution in [2.45, 2.75) is 13.0 Å². The van der Waals surface area contributed by atoms with Gasteiger partial charge in [0.1, 0.15) is 5.82 Å². The van der Waals surface area contributed by atoms with Crippen LogP contribution in [-0.4, -0.2) is 53.0 Å². The Morgan fingerprint density at radius 2 is 2.22 bits per heavy atom. The first-order valence-electron chi connectivity index (χ1n) is 6.03. The Balaban J connectivity index is 2.23. The highest BCUT2D eigenvalue weighted by molar-refractivity contribution is 5.65. The molecule has 0 bridgehead atoms. The van der Waals surface area contributed by atoms with Gasteiger partial charge in [0, 0.05) is 32.0 Å². The molecule has 6 nitrogen and oxygen atoms in total. The lowest BCUT2D eigenvalue weighted by Crippen LogP contribution is -2.31. The van der Waals surface area contributed by atoms with Gasteiger partial charge in [-0.1, -0.05) is 0 Å². The van der Waals surface area contributed by atoms with E-state index in [4.69, 9.17) is 0 Å². The average Bonchev–Trinajstić information content (AvgIpc) is 2.83. The quantitative estimate of drug-likeness (QED) is 0.831. The van der Waals surface area contributed by atoms with Crippen LogP contribution in [0, 0.1) is 0 Å². The van der Waals surface area contributed by atoms with Crippen LogP contribution < -0.4 is 10.6 Å². The molecule has 0 aliphatic heterocycles. The van der Waals surface area contributed by atoms with Gasteiger partial charge in [-0.05, 0) is 21.0 Å². The molecule has 0 aromatic carbocycles. The summed E-state index contributed by atoms with van der Waals surface area (Å²) >= 11 is 0. The normalized spacial score (nSPS) is 12.9. The Kier molecular flexibility index (Phi) is 3.66. The number of hydrogen-bond donors (Lipinski definition) is 2. The fourth-order valence-corrected chi connectivity index (χ4v) is 1.60. The lowest BCUT2D eigenvalue weighted by Gasteiger charge is -2.20.